The zero-order chi connectivity index (χ0) is 14.2. The number of ether oxygens (including phenoxy) is 1. The minimum atomic E-state index is -0.658. The molecule has 0 saturated heterocycles. The molecular weight excluding hydrogens is 252 g/mol. The molecule has 0 fully saturated rings. The van der Waals surface area contributed by atoms with Gasteiger partial charge in [-0.1, -0.05) is 60.7 Å². The van der Waals surface area contributed by atoms with Crippen LogP contribution in [0.3, 0.4) is 0 Å². The minimum absolute atomic E-state index is 0.0890. The van der Waals surface area contributed by atoms with Crippen molar-refractivity contribution >= 4 is 18.0 Å². The summed E-state index contributed by atoms with van der Waals surface area (Å²) >= 11 is 0. The van der Waals surface area contributed by atoms with Gasteiger partial charge in [0, 0.05) is 6.08 Å². The van der Waals surface area contributed by atoms with Crippen LogP contribution in [0.25, 0.3) is 6.08 Å². The first kappa shape index (κ1) is 13.7. The number of hydrogen-bond acceptors (Lipinski definition) is 3. The number of carbonyl (C=O) groups excluding carboxylic acids is 2. The Morgan fingerprint density at radius 2 is 1.50 bits per heavy atom. The van der Waals surface area contributed by atoms with Crippen LogP contribution in [0.15, 0.2) is 66.7 Å². The molecule has 3 nitrogen and oxygen atoms in total. The van der Waals surface area contributed by atoms with Crippen molar-refractivity contribution in [3.8, 4) is 0 Å². The molecule has 2 rings (SSSR count). The smallest absolute Gasteiger partial charge is 0.338 e. The van der Waals surface area contributed by atoms with Crippen LogP contribution in [0.5, 0.6) is 0 Å². The summed E-state index contributed by atoms with van der Waals surface area (Å²) in [6.07, 6.45) is 2.95. The first-order valence-corrected chi connectivity index (χ1v) is 6.26. The van der Waals surface area contributed by atoms with Gasteiger partial charge in [0.15, 0.2) is 0 Å². The predicted molar refractivity (Wildman–Crippen MR) is 76.7 cm³/mol. The lowest BCUT2D eigenvalue weighted by atomic mass is 10.2. The molecule has 20 heavy (non-hydrogen) atoms. The van der Waals surface area contributed by atoms with Crippen molar-refractivity contribution in [2.24, 2.45) is 0 Å². The Kier molecular flexibility index (Phi) is 4.84. The fourth-order valence-corrected chi connectivity index (χ4v) is 1.67. The first-order chi connectivity index (χ1) is 9.74. The van der Waals surface area contributed by atoms with Crippen molar-refractivity contribution in [1.82, 2.24) is 0 Å². The van der Waals surface area contributed by atoms with E-state index in [2.05, 4.69) is 0 Å². The molecule has 0 spiro atoms. The lowest BCUT2D eigenvalue weighted by molar-refractivity contribution is -0.155. The largest absolute Gasteiger partial charge is 0.390 e. The summed E-state index contributed by atoms with van der Waals surface area (Å²) in [5, 5.41) is 0. The molecule has 2 aromatic carbocycles. The quantitative estimate of drug-likeness (QED) is 0.485. The molecule has 0 saturated carbocycles. The third-order valence-corrected chi connectivity index (χ3v) is 2.62. The van der Waals surface area contributed by atoms with Gasteiger partial charge in [-0.15, -0.1) is 0 Å². The van der Waals surface area contributed by atoms with Gasteiger partial charge in [-0.05, 0) is 17.2 Å². The Balaban J connectivity index is 1.85. The van der Waals surface area contributed by atoms with Gasteiger partial charge in [-0.25, -0.2) is 4.79 Å². The van der Waals surface area contributed by atoms with Gasteiger partial charge in [-0.3, -0.25) is 4.79 Å². The van der Waals surface area contributed by atoms with Crippen molar-refractivity contribution in [2.45, 2.75) is 6.42 Å². The SMILES string of the molecule is O=C(C=Cc1ccccc1)OC(=O)Cc1ccccc1. The summed E-state index contributed by atoms with van der Waals surface area (Å²) in [5.74, 6) is -1.21. The lowest BCUT2D eigenvalue weighted by Gasteiger charge is -2.00. The van der Waals surface area contributed by atoms with E-state index in [0.29, 0.717) is 0 Å². The Morgan fingerprint density at radius 1 is 0.900 bits per heavy atom. The van der Waals surface area contributed by atoms with Gasteiger partial charge in [0.2, 0.25) is 0 Å². The molecule has 0 N–H and O–H groups in total. The van der Waals surface area contributed by atoms with Crippen molar-refractivity contribution in [3.05, 3.63) is 77.9 Å². The van der Waals surface area contributed by atoms with Gasteiger partial charge in [0.25, 0.3) is 0 Å². The number of rotatable bonds is 4. The molecule has 0 heterocycles. The average Bonchev–Trinajstić information content (AvgIpc) is 2.47. The number of carbonyl (C=O) groups is 2. The van der Waals surface area contributed by atoms with E-state index in [9.17, 15) is 9.59 Å². The van der Waals surface area contributed by atoms with Gasteiger partial charge in [0.1, 0.15) is 0 Å². The Hall–Kier alpha value is -2.68. The second kappa shape index (κ2) is 7.04. The highest BCUT2D eigenvalue weighted by atomic mass is 16.6. The van der Waals surface area contributed by atoms with Crippen molar-refractivity contribution in [3.63, 3.8) is 0 Å². The van der Waals surface area contributed by atoms with Gasteiger partial charge < -0.3 is 4.74 Å². The van der Waals surface area contributed by atoms with E-state index in [-0.39, 0.29) is 6.42 Å². The van der Waals surface area contributed by atoms with Crippen LogP contribution in [-0.4, -0.2) is 11.9 Å². The Bertz CT molecular complexity index is 601. The van der Waals surface area contributed by atoms with Crippen molar-refractivity contribution in [2.75, 3.05) is 0 Å². The van der Waals surface area contributed by atoms with Gasteiger partial charge >= 0.3 is 11.9 Å². The third kappa shape index (κ3) is 4.53. The number of esters is 2. The molecule has 0 aliphatic carbocycles. The maximum atomic E-state index is 11.6. The second-order valence-corrected chi connectivity index (χ2v) is 4.20. The predicted octanol–water partition coefficient (Wildman–Crippen LogP) is 3.01. The summed E-state index contributed by atoms with van der Waals surface area (Å²) in [5.41, 5.74) is 1.69. The van der Waals surface area contributed by atoms with Crippen LogP contribution in [0.4, 0.5) is 0 Å². The number of hydrogen-bond donors (Lipinski definition) is 0. The Labute approximate surface area is 117 Å². The second-order valence-electron chi connectivity index (χ2n) is 4.20. The molecule has 0 aliphatic heterocycles. The van der Waals surface area contributed by atoms with Crippen LogP contribution in [0.1, 0.15) is 11.1 Å². The molecule has 3 heteroatoms. The molecule has 0 atom stereocenters. The maximum absolute atomic E-state index is 11.6. The van der Waals surface area contributed by atoms with E-state index in [0.717, 1.165) is 11.1 Å². The van der Waals surface area contributed by atoms with Crippen LogP contribution in [0.2, 0.25) is 0 Å². The maximum Gasteiger partial charge on any atom is 0.338 e. The summed E-state index contributed by atoms with van der Waals surface area (Å²) in [7, 11) is 0. The minimum Gasteiger partial charge on any atom is -0.390 e. The molecule has 0 aliphatic rings. The average molecular weight is 266 g/mol. The van der Waals surface area contributed by atoms with E-state index in [1.807, 2.05) is 60.7 Å². The van der Waals surface area contributed by atoms with Crippen molar-refractivity contribution < 1.29 is 14.3 Å². The lowest BCUT2D eigenvalue weighted by Crippen LogP contribution is -2.12. The monoisotopic (exact) mass is 266 g/mol. The topological polar surface area (TPSA) is 43.4 Å². The first-order valence-electron chi connectivity index (χ1n) is 6.26. The summed E-state index contributed by atoms with van der Waals surface area (Å²) in [6.45, 7) is 0. The van der Waals surface area contributed by atoms with Crippen LogP contribution < -0.4 is 0 Å². The molecule has 0 unspecified atom stereocenters. The van der Waals surface area contributed by atoms with E-state index < -0.39 is 11.9 Å². The van der Waals surface area contributed by atoms with E-state index in [4.69, 9.17) is 4.74 Å². The van der Waals surface area contributed by atoms with E-state index in [1.165, 1.54) is 6.08 Å². The molecule has 0 bridgehead atoms. The molecule has 0 amide bonds. The summed E-state index contributed by atoms with van der Waals surface area (Å²) in [6, 6.07) is 18.5. The highest BCUT2D eigenvalue weighted by molar-refractivity contribution is 5.95. The van der Waals surface area contributed by atoms with Crippen LogP contribution >= 0.6 is 0 Å². The van der Waals surface area contributed by atoms with E-state index >= 15 is 0 Å². The van der Waals surface area contributed by atoms with Crippen LogP contribution in [-0.2, 0) is 20.7 Å². The number of benzene rings is 2. The fourth-order valence-electron chi connectivity index (χ4n) is 1.67. The normalized spacial score (nSPS) is 10.4. The zero-order valence-corrected chi connectivity index (χ0v) is 10.9. The summed E-state index contributed by atoms with van der Waals surface area (Å²) in [4.78, 5) is 23.0. The van der Waals surface area contributed by atoms with Gasteiger partial charge in [-0.2, -0.15) is 0 Å². The molecule has 0 aromatic heterocycles. The van der Waals surface area contributed by atoms with Crippen molar-refractivity contribution in [1.29, 1.82) is 0 Å². The van der Waals surface area contributed by atoms with Crippen LogP contribution in [0, 0.1) is 0 Å². The molecule has 2 aromatic rings. The van der Waals surface area contributed by atoms with E-state index in [1.54, 1.807) is 6.08 Å². The zero-order valence-electron chi connectivity index (χ0n) is 10.9. The summed E-state index contributed by atoms with van der Waals surface area (Å²) < 4.78 is 4.71. The van der Waals surface area contributed by atoms with Gasteiger partial charge in [0.05, 0.1) is 6.42 Å². The standard InChI is InChI=1S/C17H14O3/c18-16(12-11-14-7-3-1-4-8-14)20-17(19)13-15-9-5-2-6-10-15/h1-12H,13H2. The highest BCUT2D eigenvalue weighted by Gasteiger charge is 2.08. The third-order valence-electron chi connectivity index (χ3n) is 2.62. The highest BCUT2D eigenvalue weighted by Crippen LogP contribution is 2.03. The molecule has 0 radical (unpaired) electrons. The molecular formula is C17H14O3. The molecule has 100 valence electrons. The fraction of sp³-hybridized carbons (Fsp3) is 0.0588. The Morgan fingerprint density at radius 3 is 2.15 bits per heavy atom.